The van der Waals surface area contributed by atoms with Crippen molar-refractivity contribution in [2.24, 2.45) is 10.2 Å². The van der Waals surface area contributed by atoms with E-state index in [0.717, 1.165) is 6.07 Å². The second-order valence-electron chi connectivity index (χ2n) is 2.91. The molecule has 2 rings (SSSR count). The zero-order valence-electron chi connectivity index (χ0n) is 7.01. The molecule has 72 valence electrons. The molecule has 0 fully saturated rings. The van der Waals surface area contributed by atoms with Crippen LogP contribution >= 0.6 is 0 Å². The van der Waals surface area contributed by atoms with Crippen LogP contribution in [0.3, 0.4) is 0 Å². The molecule has 1 aliphatic heterocycles. The summed E-state index contributed by atoms with van der Waals surface area (Å²) >= 11 is 0. The number of nitrogen functional groups attached to an aromatic ring is 1. The maximum Gasteiger partial charge on any atom is 0.336 e. The van der Waals surface area contributed by atoms with Gasteiger partial charge in [0.05, 0.1) is 5.56 Å². The summed E-state index contributed by atoms with van der Waals surface area (Å²) < 4.78 is 0. The molecule has 6 nitrogen and oxygen atoms in total. The van der Waals surface area contributed by atoms with Crippen molar-refractivity contribution in [1.29, 1.82) is 0 Å². The third-order valence-corrected chi connectivity index (χ3v) is 1.92. The Morgan fingerprint density at radius 1 is 1.43 bits per heavy atom. The molecule has 0 amide bonds. The first-order valence-corrected chi connectivity index (χ1v) is 3.85. The summed E-state index contributed by atoms with van der Waals surface area (Å²) in [5, 5.41) is 25.2. The van der Waals surface area contributed by atoms with Gasteiger partial charge in [0.25, 0.3) is 0 Å². The van der Waals surface area contributed by atoms with E-state index in [1.807, 2.05) is 0 Å². The van der Waals surface area contributed by atoms with Gasteiger partial charge in [-0.05, 0) is 6.07 Å². The number of hydrogen-bond donors (Lipinski definition) is 3. The number of nitrogens with zero attached hydrogens (tertiary/aromatic N) is 2. The van der Waals surface area contributed by atoms with Gasteiger partial charge in [-0.1, -0.05) is 0 Å². The Kier molecular flexibility index (Phi) is 1.63. The third-order valence-electron chi connectivity index (χ3n) is 1.92. The van der Waals surface area contributed by atoms with E-state index in [4.69, 9.17) is 15.9 Å². The molecule has 1 heterocycles. The fraction of sp³-hybridized carbons (Fsp3) is 0.125. The number of phenolic OH excluding ortho intramolecular Hbond substituents is 1. The van der Waals surface area contributed by atoms with Crippen molar-refractivity contribution < 1.29 is 15.0 Å². The molecule has 0 radical (unpaired) electrons. The Balaban J connectivity index is 2.59. The first-order valence-electron chi connectivity index (χ1n) is 3.85. The Labute approximate surface area is 78.7 Å². The summed E-state index contributed by atoms with van der Waals surface area (Å²) in [5.74, 6) is -1.33. The van der Waals surface area contributed by atoms with Crippen molar-refractivity contribution in [3.8, 4) is 5.75 Å². The van der Waals surface area contributed by atoms with Gasteiger partial charge in [0, 0.05) is 17.3 Å². The number of hydrogen-bond acceptors (Lipinski definition) is 5. The van der Waals surface area contributed by atoms with Crippen LogP contribution in [0.4, 0.5) is 5.69 Å². The Morgan fingerprint density at radius 3 is 2.57 bits per heavy atom. The topological polar surface area (TPSA) is 108 Å². The highest BCUT2D eigenvalue weighted by molar-refractivity contribution is 5.92. The minimum Gasteiger partial charge on any atom is -0.508 e. The molecule has 0 atom stereocenters. The number of rotatable bonds is 2. The minimum atomic E-state index is -1.15. The lowest BCUT2D eigenvalue weighted by atomic mass is 10.0. The molecule has 1 aromatic rings. The predicted octanol–water partition coefficient (Wildman–Crippen LogP) is 1.14. The van der Waals surface area contributed by atoms with E-state index in [2.05, 4.69) is 10.2 Å². The van der Waals surface area contributed by atoms with E-state index in [1.54, 1.807) is 0 Å². The van der Waals surface area contributed by atoms with Gasteiger partial charge in [-0.15, -0.1) is 0 Å². The lowest BCUT2D eigenvalue weighted by Gasteiger charge is -2.06. The highest BCUT2D eigenvalue weighted by atomic mass is 16.4. The molecule has 0 aromatic heterocycles. The fourth-order valence-corrected chi connectivity index (χ4v) is 1.27. The number of benzene rings is 1. The lowest BCUT2D eigenvalue weighted by Crippen LogP contribution is -2.05. The van der Waals surface area contributed by atoms with Crippen LogP contribution in [-0.4, -0.2) is 16.2 Å². The first-order chi connectivity index (χ1) is 6.59. The number of anilines is 1. The molecule has 0 aliphatic carbocycles. The van der Waals surface area contributed by atoms with E-state index in [9.17, 15) is 4.79 Å². The molecule has 6 heteroatoms. The molecule has 1 aliphatic rings. The molecule has 0 unspecified atom stereocenters. The van der Waals surface area contributed by atoms with E-state index < -0.39 is 12.1 Å². The number of carboxylic acid groups (broad SMARTS) is 1. The van der Waals surface area contributed by atoms with E-state index in [-0.39, 0.29) is 17.0 Å². The molecule has 4 N–H and O–H groups in total. The van der Waals surface area contributed by atoms with E-state index in [0.29, 0.717) is 5.56 Å². The molecule has 0 spiro atoms. The Bertz CT molecular complexity index is 436. The lowest BCUT2D eigenvalue weighted by molar-refractivity contribution is 0.0695. The largest absolute Gasteiger partial charge is 0.508 e. The number of phenols is 1. The highest BCUT2D eigenvalue weighted by Crippen LogP contribution is 2.38. The standard InChI is InChI=1S/C8H7N3O3/c9-5-2-3(12)1-4(8(13)14)6(5)7-10-11-7/h1-2,7,12H,9H2,(H,13,14). The van der Waals surface area contributed by atoms with Crippen molar-refractivity contribution in [3.05, 3.63) is 23.3 Å². The summed E-state index contributed by atoms with van der Waals surface area (Å²) in [6, 6.07) is 2.42. The van der Waals surface area contributed by atoms with Gasteiger partial charge in [0.2, 0.25) is 6.17 Å². The zero-order chi connectivity index (χ0) is 10.3. The van der Waals surface area contributed by atoms with Crippen molar-refractivity contribution in [2.75, 3.05) is 5.73 Å². The maximum absolute atomic E-state index is 10.8. The number of aromatic carboxylic acids is 1. The van der Waals surface area contributed by atoms with Gasteiger partial charge in [0.15, 0.2) is 0 Å². The molecule has 0 bridgehead atoms. The van der Waals surface area contributed by atoms with Crippen LogP contribution in [0.2, 0.25) is 0 Å². The number of aromatic hydroxyl groups is 1. The number of carbonyl (C=O) groups is 1. The summed E-state index contributed by atoms with van der Waals surface area (Å²) in [6.07, 6.45) is -0.485. The average molecular weight is 193 g/mol. The number of carboxylic acids is 1. The smallest absolute Gasteiger partial charge is 0.336 e. The van der Waals surface area contributed by atoms with Crippen molar-refractivity contribution in [1.82, 2.24) is 0 Å². The summed E-state index contributed by atoms with van der Waals surface area (Å²) in [6.45, 7) is 0. The van der Waals surface area contributed by atoms with Gasteiger partial charge in [-0.3, -0.25) is 0 Å². The third kappa shape index (κ3) is 1.26. The van der Waals surface area contributed by atoms with Crippen LogP contribution in [0.1, 0.15) is 22.1 Å². The Hall–Kier alpha value is -2.11. The van der Waals surface area contributed by atoms with Gasteiger partial charge >= 0.3 is 5.97 Å². The van der Waals surface area contributed by atoms with E-state index >= 15 is 0 Å². The molecule has 1 aromatic carbocycles. The van der Waals surface area contributed by atoms with Crippen LogP contribution in [0.5, 0.6) is 5.75 Å². The Morgan fingerprint density at radius 2 is 2.07 bits per heavy atom. The number of nitrogens with two attached hydrogens (primary N) is 1. The van der Waals surface area contributed by atoms with Crippen LogP contribution in [-0.2, 0) is 0 Å². The molecule has 14 heavy (non-hydrogen) atoms. The summed E-state index contributed by atoms with van der Waals surface area (Å²) in [4.78, 5) is 10.8. The van der Waals surface area contributed by atoms with Crippen molar-refractivity contribution >= 4 is 11.7 Å². The van der Waals surface area contributed by atoms with Crippen LogP contribution in [0, 0.1) is 0 Å². The van der Waals surface area contributed by atoms with Crippen LogP contribution in [0.15, 0.2) is 22.4 Å². The normalized spacial score (nSPS) is 14.3. The second kappa shape index (κ2) is 2.69. The zero-order valence-corrected chi connectivity index (χ0v) is 7.01. The fourth-order valence-electron chi connectivity index (χ4n) is 1.27. The molecular weight excluding hydrogens is 186 g/mol. The molecular formula is C8H7N3O3. The summed E-state index contributed by atoms with van der Waals surface area (Å²) in [5.41, 5.74) is 6.03. The van der Waals surface area contributed by atoms with Gasteiger partial charge in [-0.25, -0.2) is 4.79 Å². The SMILES string of the molecule is Nc1cc(O)cc(C(=O)O)c1C1N=N1. The average Bonchev–Trinajstić information content (AvgIpc) is 2.85. The van der Waals surface area contributed by atoms with Crippen molar-refractivity contribution in [2.45, 2.75) is 6.17 Å². The quantitative estimate of drug-likeness (QED) is 0.611. The van der Waals surface area contributed by atoms with Gasteiger partial charge in [-0.2, -0.15) is 10.2 Å². The van der Waals surface area contributed by atoms with Crippen molar-refractivity contribution in [3.63, 3.8) is 0 Å². The second-order valence-corrected chi connectivity index (χ2v) is 2.91. The minimum absolute atomic E-state index is 0.0579. The highest BCUT2D eigenvalue weighted by Gasteiger charge is 2.28. The molecule has 0 saturated heterocycles. The molecule has 0 saturated carbocycles. The predicted molar refractivity (Wildman–Crippen MR) is 47.1 cm³/mol. The van der Waals surface area contributed by atoms with Crippen LogP contribution in [0.25, 0.3) is 0 Å². The van der Waals surface area contributed by atoms with Gasteiger partial charge in [0.1, 0.15) is 5.75 Å². The summed E-state index contributed by atoms with van der Waals surface area (Å²) in [7, 11) is 0. The maximum atomic E-state index is 10.8. The first kappa shape index (κ1) is 8.49. The van der Waals surface area contributed by atoms with Crippen LogP contribution < -0.4 is 5.73 Å². The monoisotopic (exact) mass is 193 g/mol. The van der Waals surface area contributed by atoms with E-state index in [1.165, 1.54) is 6.07 Å². The van der Waals surface area contributed by atoms with Gasteiger partial charge < -0.3 is 15.9 Å².